The number of fused-ring (bicyclic) bond motifs is 1. The molecule has 1 aromatic heterocycles. The molecule has 0 saturated heterocycles. The molecule has 3 rings (SSSR count). The van der Waals surface area contributed by atoms with Crippen LogP contribution in [0.4, 0.5) is 4.39 Å². The number of thioether (sulfide) groups is 1. The fraction of sp³-hybridized carbons (Fsp3) is 0.0625. The third kappa shape index (κ3) is 3.09. The van der Waals surface area contributed by atoms with Crippen LogP contribution in [0.3, 0.4) is 0 Å². The van der Waals surface area contributed by atoms with Gasteiger partial charge in [0, 0.05) is 20.7 Å². The fourth-order valence-electron chi connectivity index (χ4n) is 2.01. The molecule has 1 N–H and O–H groups in total. The second-order valence-electron chi connectivity index (χ2n) is 4.50. The van der Waals surface area contributed by atoms with Gasteiger partial charge >= 0.3 is 5.97 Å². The number of hydrogen-bond acceptors (Lipinski definition) is 3. The first-order chi connectivity index (χ1) is 10.1. The average Bonchev–Trinajstić information content (AvgIpc) is 2.91. The van der Waals surface area contributed by atoms with Crippen LogP contribution in [0.25, 0.3) is 10.1 Å². The summed E-state index contributed by atoms with van der Waals surface area (Å²) < 4.78 is 13.8. The maximum atomic E-state index is 12.9. The molecule has 21 heavy (non-hydrogen) atoms. The van der Waals surface area contributed by atoms with Crippen LogP contribution in [-0.2, 0) is 5.75 Å². The first kappa shape index (κ1) is 14.1. The number of rotatable bonds is 4. The Bertz CT molecular complexity index is 794. The normalized spacial score (nSPS) is 10.9. The molecule has 2 aromatic carbocycles. The quantitative estimate of drug-likeness (QED) is 0.685. The largest absolute Gasteiger partial charge is 0.477 e. The Morgan fingerprint density at radius 1 is 1.19 bits per heavy atom. The van der Waals surface area contributed by atoms with Crippen molar-refractivity contribution in [1.29, 1.82) is 0 Å². The molecule has 0 saturated carbocycles. The number of carbonyl (C=O) groups is 1. The van der Waals surface area contributed by atoms with Gasteiger partial charge in [-0.1, -0.05) is 18.2 Å². The van der Waals surface area contributed by atoms with Gasteiger partial charge in [0.15, 0.2) is 0 Å². The molecule has 0 atom stereocenters. The van der Waals surface area contributed by atoms with E-state index >= 15 is 0 Å². The topological polar surface area (TPSA) is 37.3 Å². The molecule has 106 valence electrons. The van der Waals surface area contributed by atoms with Crippen molar-refractivity contribution in [2.75, 3.05) is 0 Å². The summed E-state index contributed by atoms with van der Waals surface area (Å²) >= 11 is 2.91. The minimum absolute atomic E-state index is 0.241. The van der Waals surface area contributed by atoms with Crippen molar-refractivity contribution in [3.63, 3.8) is 0 Å². The van der Waals surface area contributed by atoms with E-state index in [1.54, 1.807) is 30.0 Å². The number of halogens is 1. The SMILES string of the molecule is O=C(O)c1cc2c(SCc3ccc(F)cc3)cccc2s1. The van der Waals surface area contributed by atoms with Crippen LogP contribution in [-0.4, -0.2) is 11.1 Å². The monoisotopic (exact) mass is 318 g/mol. The highest BCUT2D eigenvalue weighted by Gasteiger charge is 2.11. The number of hydrogen-bond donors (Lipinski definition) is 1. The number of aromatic carboxylic acids is 1. The van der Waals surface area contributed by atoms with Crippen molar-refractivity contribution in [1.82, 2.24) is 0 Å². The standard InChI is InChI=1S/C16H11FO2S2/c17-11-6-4-10(5-7-11)9-20-13-2-1-3-14-12(13)8-15(21-14)16(18)19/h1-8H,9H2,(H,18,19). The second-order valence-corrected chi connectivity index (χ2v) is 6.60. The predicted molar refractivity (Wildman–Crippen MR) is 84.7 cm³/mol. The number of carboxylic acids is 1. The molecule has 0 aliphatic carbocycles. The maximum absolute atomic E-state index is 12.9. The third-order valence-corrected chi connectivity index (χ3v) is 5.27. The Morgan fingerprint density at radius 2 is 1.95 bits per heavy atom. The lowest BCUT2D eigenvalue weighted by molar-refractivity contribution is 0.0702. The lowest BCUT2D eigenvalue weighted by atomic mass is 10.2. The Morgan fingerprint density at radius 3 is 2.67 bits per heavy atom. The van der Waals surface area contributed by atoms with Gasteiger partial charge in [-0.2, -0.15) is 0 Å². The zero-order chi connectivity index (χ0) is 14.8. The van der Waals surface area contributed by atoms with E-state index in [1.807, 2.05) is 18.2 Å². The highest BCUT2D eigenvalue weighted by atomic mass is 32.2. The Balaban J connectivity index is 1.86. The Labute approximate surface area is 129 Å². The van der Waals surface area contributed by atoms with E-state index in [-0.39, 0.29) is 5.82 Å². The lowest BCUT2D eigenvalue weighted by Gasteiger charge is -2.03. The molecule has 3 aromatic rings. The van der Waals surface area contributed by atoms with Crippen molar-refractivity contribution in [2.24, 2.45) is 0 Å². The summed E-state index contributed by atoms with van der Waals surface area (Å²) in [4.78, 5) is 12.5. The van der Waals surface area contributed by atoms with Gasteiger partial charge < -0.3 is 5.11 Å². The summed E-state index contributed by atoms with van der Waals surface area (Å²) in [6.45, 7) is 0. The van der Waals surface area contributed by atoms with Gasteiger partial charge in [0.1, 0.15) is 10.7 Å². The number of benzene rings is 2. The van der Waals surface area contributed by atoms with Crippen molar-refractivity contribution >= 4 is 39.2 Å². The van der Waals surface area contributed by atoms with Gasteiger partial charge in [-0.05, 0) is 35.9 Å². The molecule has 0 spiro atoms. The summed E-state index contributed by atoms with van der Waals surface area (Å²) in [5.74, 6) is -0.419. The van der Waals surface area contributed by atoms with E-state index in [4.69, 9.17) is 5.11 Å². The first-order valence-electron chi connectivity index (χ1n) is 6.26. The van der Waals surface area contributed by atoms with Crippen molar-refractivity contribution in [3.05, 3.63) is 64.8 Å². The van der Waals surface area contributed by atoms with Crippen LogP contribution in [0.5, 0.6) is 0 Å². The summed E-state index contributed by atoms with van der Waals surface area (Å²) in [6.07, 6.45) is 0. The Kier molecular flexibility index (Phi) is 3.94. The van der Waals surface area contributed by atoms with E-state index < -0.39 is 5.97 Å². The molecule has 0 bridgehead atoms. The van der Waals surface area contributed by atoms with E-state index in [2.05, 4.69) is 0 Å². The molecule has 5 heteroatoms. The van der Waals surface area contributed by atoms with Gasteiger partial charge in [-0.15, -0.1) is 23.1 Å². The second kappa shape index (κ2) is 5.87. The summed E-state index contributed by atoms with van der Waals surface area (Å²) in [5, 5.41) is 10.0. The average molecular weight is 318 g/mol. The van der Waals surface area contributed by atoms with Gasteiger partial charge in [0.05, 0.1) is 0 Å². The van der Waals surface area contributed by atoms with Gasteiger partial charge in [0.2, 0.25) is 0 Å². The van der Waals surface area contributed by atoms with E-state index in [0.717, 1.165) is 26.3 Å². The molecule has 1 heterocycles. The van der Waals surface area contributed by atoms with Crippen molar-refractivity contribution in [2.45, 2.75) is 10.6 Å². The lowest BCUT2D eigenvalue weighted by Crippen LogP contribution is -1.89. The molecule has 2 nitrogen and oxygen atoms in total. The van der Waals surface area contributed by atoms with E-state index in [1.165, 1.54) is 23.5 Å². The fourth-order valence-corrected chi connectivity index (χ4v) is 4.01. The summed E-state index contributed by atoms with van der Waals surface area (Å²) in [6, 6.07) is 14.0. The zero-order valence-electron chi connectivity index (χ0n) is 10.9. The first-order valence-corrected chi connectivity index (χ1v) is 8.07. The Hall–Kier alpha value is -1.85. The van der Waals surface area contributed by atoms with Crippen molar-refractivity contribution in [3.8, 4) is 0 Å². The highest BCUT2D eigenvalue weighted by molar-refractivity contribution is 7.98. The third-order valence-electron chi connectivity index (χ3n) is 3.04. The van der Waals surface area contributed by atoms with Gasteiger partial charge in [-0.25, -0.2) is 9.18 Å². The van der Waals surface area contributed by atoms with Crippen LogP contribution in [0.2, 0.25) is 0 Å². The summed E-state index contributed by atoms with van der Waals surface area (Å²) in [7, 11) is 0. The van der Waals surface area contributed by atoms with Crippen molar-refractivity contribution < 1.29 is 14.3 Å². The number of carboxylic acid groups (broad SMARTS) is 1. The summed E-state index contributed by atoms with van der Waals surface area (Å²) in [5.41, 5.74) is 1.03. The van der Waals surface area contributed by atoms with Crippen LogP contribution in [0.1, 0.15) is 15.2 Å². The molecule has 0 fully saturated rings. The minimum Gasteiger partial charge on any atom is -0.477 e. The minimum atomic E-state index is -0.898. The van der Waals surface area contributed by atoms with Crippen LogP contribution < -0.4 is 0 Å². The highest BCUT2D eigenvalue weighted by Crippen LogP contribution is 2.35. The molecule has 0 unspecified atom stereocenters. The maximum Gasteiger partial charge on any atom is 0.345 e. The molecular formula is C16H11FO2S2. The molecule has 0 amide bonds. The van der Waals surface area contributed by atoms with Crippen LogP contribution in [0.15, 0.2) is 53.4 Å². The molecule has 0 aliphatic rings. The zero-order valence-corrected chi connectivity index (χ0v) is 12.5. The van der Waals surface area contributed by atoms with Crippen LogP contribution in [0, 0.1) is 5.82 Å². The molecular weight excluding hydrogens is 307 g/mol. The molecule has 0 radical (unpaired) electrons. The van der Waals surface area contributed by atoms with Crippen LogP contribution >= 0.6 is 23.1 Å². The number of thiophene rings is 1. The smallest absolute Gasteiger partial charge is 0.345 e. The molecule has 0 aliphatic heterocycles. The van der Waals surface area contributed by atoms with Gasteiger partial charge in [-0.3, -0.25) is 0 Å². The van der Waals surface area contributed by atoms with Gasteiger partial charge in [0.25, 0.3) is 0 Å². The van der Waals surface area contributed by atoms with E-state index in [9.17, 15) is 9.18 Å². The van der Waals surface area contributed by atoms with E-state index in [0.29, 0.717) is 4.88 Å². The predicted octanol–water partition coefficient (Wildman–Crippen LogP) is 5.03.